The Bertz CT molecular complexity index is 837. The highest BCUT2D eigenvalue weighted by atomic mass is 16.6. The van der Waals surface area contributed by atoms with Crippen LogP contribution in [0.1, 0.15) is 20.7 Å². The second kappa shape index (κ2) is 11.5. The van der Waals surface area contributed by atoms with Crippen molar-refractivity contribution in [3.8, 4) is 11.5 Å². The third kappa shape index (κ3) is 6.06. The molecule has 168 valence electrons. The van der Waals surface area contributed by atoms with Crippen molar-refractivity contribution in [2.75, 3.05) is 67.1 Å². The Kier molecular flexibility index (Phi) is 8.45. The number of carbonyl (C=O) groups is 2. The van der Waals surface area contributed by atoms with E-state index in [0.29, 0.717) is 75.1 Å². The quantitative estimate of drug-likeness (QED) is 0.659. The van der Waals surface area contributed by atoms with Crippen molar-refractivity contribution in [2.45, 2.75) is 0 Å². The molecule has 0 saturated heterocycles. The van der Waals surface area contributed by atoms with Gasteiger partial charge in [-0.15, -0.1) is 0 Å². The normalized spacial score (nSPS) is 16.1. The smallest absolute Gasteiger partial charge is 0.338 e. The molecule has 2 aromatic carbocycles. The molecule has 31 heavy (non-hydrogen) atoms. The summed E-state index contributed by atoms with van der Waals surface area (Å²) >= 11 is 0. The molecule has 0 radical (unpaired) electrons. The van der Waals surface area contributed by atoms with Crippen LogP contribution in [0.2, 0.25) is 0 Å². The van der Waals surface area contributed by atoms with Gasteiger partial charge < -0.3 is 33.2 Å². The van der Waals surface area contributed by atoms with Gasteiger partial charge in [-0.05, 0) is 35.0 Å². The van der Waals surface area contributed by atoms with E-state index in [4.69, 9.17) is 33.2 Å². The first-order valence-corrected chi connectivity index (χ1v) is 9.91. The third-order valence-corrected chi connectivity index (χ3v) is 4.56. The van der Waals surface area contributed by atoms with E-state index in [1.54, 1.807) is 24.3 Å². The molecule has 0 aromatic heterocycles. The molecule has 0 saturated carbocycles. The molecule has 0 amide bonds. The predicted molar refractivity (Wildman–Crippen MR) is 110 cm³/mol. The molecular formula is C22H26O9. The van der Waals surface area contributed by atoms with Gasteiger partial charge in [-0.1, -0.05) is 0 Å². The van der Waals surface area contributed by atoms with Crippen LogP contribution in [-0.4, -0.2) is 79.0 Å². The number of ether oxygens (including phenoxy) is 7. The second-order valence-electron chi connectivity index (χ2n) is 6.56. The minimum absolute atomic E-state index is 0.108. The monoisotopic (exact) mass is 434 g/mol. The summed E-state index contributed by atoms with van der Waals surface area (Å²) in [5.74, 6) is -0.292. The summed E-state index contributed by atoms with van der Waals surface area (Å²) in [7, 11) is 2.51. The molecule has 9 heteroatoms. The van der Waals surface area contributed by atoms with Crippen molar-refractivity contribution in [3.63, 3.8) is 0 Å². The molecule has 1 aliphatic rings. The molecule has 0 N–H and O–H groups in total. The average molecular weight is 434 g/mol. The topological polar surface area (TPSA) is 98.8 Å². The lowest BCUT2D eigenvalue weighted by atomic mass is 10.00. The van der Waals surface area contributed by atoms with Gasteiger partial charge in [0.25, 0.3) is 0 Å². The van der Waals surface area contributed by atoms with Crippen LogP contribution in [0.4, 0.5) is 0 Å². The van der Waals surface area contributed by atoms with Crippen LogP contribution in [0.15, 0.2) is 24.3 Å². The van der Waals surface area contributed by atoms with Gasteiger partial charge in [0.15, 0.2) is 11.5 Å². The zero-order valence-electron chi connectivity index (χ0n) is 17.6. The Morgan fingerprint density at radius 1 is 0.613 bits per heavy atom. The molecule has 0 fully saturated rings. The summed E-state index contributed by atoms with van der Waals surface area (Å²) in [6.07, 6.45) is 0. The first-order valence-electron chi connectivity index (χ1n) is 9.91. The van der Waals surface area contributed by atoms with Crippen LogP contribution in [0.5, 0.6) is 11.5 Å². The molecule has 0 unspecified atom stereocenters. The molecule has 0 bridgehead atoms. The summed E-state index contributed by atoms with van der Waals surface area (Å²) in [6.45, 7) is 3.27. The predicted octanol–water partition coefficient (Wildman–Crippen LogP) is 2.23. The molecule has 0 aliphatic carbocycles. The van der Waals surface area contributed by atoms with Crippen molar-refractivity contribution >= 4 is 22.7 Å². The first-order chi connectivity index (χ1) is 15.1. The SMILES string of the molecule is COC(=O)c1cc2cc3c(cc2cc1C(=O)OC)OCCOCCOCCOCCO3. The van der Waals surface area contributed by atoms with Gasteiger partial charge in [0.05, 0.1) is 65.0 Å². The number of rotatable bonds is 2. The van der Waals surface area contributed by atoms with E-state index in [9.17, 15) is 9.59 Å². The maximum Gasteiger partial charge on any atom is 0.338 e. The van der Waals surface area contributed by atoms with Gasteiger partial charge in [-0.25, -0.2) is 9.59 Å². The van der Waals surface area contributed by atoms with E-state index in [1.165, 1.54) is 14.2 Å². The Morgan fingerprint density at radius 2 is 0.968 bits per heavy atom. The molecule has 0 atom stereocenters. The van der Waals surface area contributed by atoms with Gasteiger partial charge in [0.2, 0.25) is 0 Å². The number of benzene rings is 2. The summed E-state index contributed by atoms with van der Waals surface area (Å²) in [5, 5.41) is 1.36. The molecular weight excluding hydrogens is 408 g/mol. The summed E-state index contributed by atoms with van der Waals surface area (Å²) in [5.41, 5.74) is 0.216. The molecule has 9 nitrogen and oxygen atoms in total. The van der Waals surface area contributed by atoms with Crippen LogP contribution >= 0.6 is 0 Å². The van der Waals surface area contributed by atoms with E-state index in [2.05, 4.69) is 0 Å². The zero-order chi connectivity index (χ0) is 22.1. The Morgan fingerprint density at radius 3 is 1.32 bits per heavy atom. The van der Waals surface area contributed by atoms with Crippen molar-refractivity contribution in [2.24, 2.45) is 0 Å². The van der Waals surface area contributed by atoms with E-state index in [-0.39, 0.29) is 11.1 Å². The van der Waals surface area contributed by atoms with Gasteiger partial charge in [0.1, 0.15) is 13.2 Å². The maximum atomic E-state index is 12.2. The first kappa shape index (κ1) is 22.8. The lowest BCUT2D eigenvalue weighted by Gasteiger charge is -2.15. The number of esters is 2. The highest BCUT2D eigenvalue weighted by Crippen LogP contribution is 2.34. The van der Waals surface area contributed by atoms with Gasteiger partial charge in [-0.2, -0.15) is 0 Å². The fourth-order valence-electron chi connectivity index (χ4n) is 3.05. The number of hydrogen-bond donors (Lipinski definition) is 0. The highest BCUT2D eigenvalue weighted by Gasteiger charge is 2.21. The largest absolute Gasteiger partial charge is 0.487 e. The molecule has 1 heterocycles. The summed E-state index contributed by atoms with van der Waals surface area (Å²) < 4.78 is 37.7. The fourth-order valence-corrected chi connectivity index (χ4v) is 3.05. The molecule has 2 aromatic rings. The zero-order valence-corrected chi connectivity index (χ0v) is 17.6. The van der Waals surface area contributed by atoms with E-state index >= 15 is 0 Å². The number of fused-ring (bicyclic) bond motifs is 2. The molecule has 3 rings (SSSR count). The number of hydrogen-bond acceptors (Lipinski definition) is 9. The number of carbonyl (C=O) groups excluding carboxylic acids is 2. The Labute approximate surface area is 180 Å². The van der Waals surface area contributed by atoms with E-state index in [1.807, 2.05) is 0 Å². The van der Waals surface area contributed by atoms with Gasteiger partial charge in [-0.3, -0.25) is 0 Å². The molecule has 1 aliphatic heterocycles. The third-order valence-electron chi connectivity index (χ3n) is 4.56. The Balaban J connectivity index is 1.96. The molecule has 0 spiro atoms. The fraction of sp³-hybridized carbons (Fsp3) is 0.455. The Hall–Kier alpha value is -2.88. The van der Waals surface area contributed by atoms with E-state index in [0.717, 1.165) is 0 Å². The lowest BCUT2D eigenvalue weighted by molar-refractivity contribution is 0.00708. The minimum Gasteiger partial charge on any atom is -0.487 e. The summed E-state index contributed by atoms with van der Waals surface area (Å²) in [4.78, 5) is 24.4. The van der Waals surface area contributed by atoms with Crippen molar-refractivity contribution in [1.29, 1.82) is 0 Å². The lowest BCUT2D eigenvalue weighted by Crippen LogP contribution is -2.13. The van der Waals surface area contributed by atoms with Crippen molar-refractivity contribution in [1.82, 2.24) is 0 Å². The average Bonchev–Trinajstić information content (AvgIpc) is 2.80. The van der Waals surface area contributed by atoms with Crippen LogP contribution in [-0.2, 0) is 23.7 Å². The van der Waals surface area contributed by atoms with Crippen LogP contribution in [0.3, 0.4) is 0 Å². The van der Waals surface area contributed by atoms with Gasteiger partial charge in [0, 0.05) is 0 Å². The van der Waals surface area contributed by atoms with Crippen molar-refractivity contribution < 1.29 is 42.7 Å². The van der Waals surface area contributed by atoms with Gasteiger partial charge >= 0.3 is 11.9 Å². The van der Waals surface area contributed by atoms with Crippen LogP contribution < -0.4 is 9.47 Å². The van der Waals surface area contributed by atoms with Crippen LogP contribution in [0, 0.1) is 0 Å². The van der Waals surface area contributed by atoms with Crippen LogP contribution in [0.25, 0.3) is 10.8 Å². The summed E-state index contributed by atoms with van der Waals surface area (Å²) in [6, 6.07) is 6.65. The standard InChI is InChI=1S/C22H26O9/c1-25-21(23)17-11-15-13-19-20(14-16(15)12-18(17)22(24)26-2)31-10-8-29-6-4-27-3-5-28-7-9-30-19/h11-14H,3-10H2,1-2H3. The minimum atomic E-state index is -0.636. The van der Waals surface area contributed by atoms with E-state index < -0.39 is 11.9 Å². The maximum absolute atomic E-state index is 12.2. The van der Waals surface area contributed by atoms with Crippen molar-refractivity contribution in [3.05, 3.63) is 35.4 Å². The second-order valence-corrected chi connectivity index (χ2v) is 6.56. The highest BCUT2D eigenvalue weighted by molar-refractivity contribution is 6.07. The number of methoxy groups -OCH3 is 2.